The van der Waals surface area contributed by atoms with E-state index in [1.807, 2.05) is 0 Å². The van der Waals surface area contributed by atoms with Gasteiger partial charge in [0.25, 0.3) is 5.91 Å². The largest absolute Gasteiger partial charge is 0.497 e. The van der Waals surface area contributed by atoms with Crippen molar-refractivity contribution in [2.75, 3.05) is 25.5 Å². The van der Waals surface area contributed by atoms with E-state index in [-0.39, 0.29) is 10.8 Å². The summed E-state index contributed by atoms with van der Waals surface area (Å²) < 4.78 is 32.7. The zero-order chi connectivity index (χ0) is 19.4. The van der Waals surface area contributed by atoms with E-state index < -0.39 is 10.0 Å². The fourth-order valence-corrected chi connectivity index (χ4v) is 4.94. The molecule has 1 amide bonds. The van der Waals surface area contributed by atoms with E-state index in [1.165, 1.54) is 17.5 Å². The molecule has 1 heterocycles. The Bertz CT molecular complexity index is 935. The summed E-state index contributed by atoms with van der Waals surface area (Å²) in [5.74, 6) is 0.263. The molecule has 0 spiro atoms. The Morgan fingerprint density at radius 2 is 1.81 bits per heavy atom. The van der Waals surface area contributed by atoms with E-state index in [1.54, 1.807) is 43.3 Å². The minimum atomic E-state index is -3.56. The number of nitrogens with one attached hydrogen (secondary N) is 1. The smallest absolute Gasteiger partial charge is 0.255 e. The third-order valence-electron chi connectivity index (χ3n) is 4.71. The van der Waals surface area contributed by atoms with E-state index in [0.29, 0.717) is 35.7 Å². The topological polar surface area (TPSA) is 75.7 Å². The van der Waals surface area contributed by atoms with Gasteiger partial charge in [0.2, 0.25) is 10.0 Å². The number of nitrogens with zero attached hydrogens (tertiary/aromatic N) is 1. The molecular formula is C20H24N2O4S. The van der Waals surface area contributed by atoms with Crippen LogP contribution in [-0.4, -0.2) is 38.8 Å². The zero-order valence-corrected chi connectivity index (χ0v) is 16.4. The number of carbonyl (C=O) groups is 1. The molecular weight excluding hydrogens is 364 g/mol. The lowest BCUT2D eigenvalue weighted by Gasteiger charge is -2.26. The molecule has 1 N–H and O–H groups in total. The molecule has 27 heavy (non-hydrogen) atoms. The van der Waals surface area contributed by atoms with Gasteiger partial charge in [0, 0.05) is 24.3 Å². The van der Waals surface area contributed by atoms with Gasteiger partial charge in [-0.05, 0) is 55.7 Å². The number of benzene rings is 2. The van der Waals surface area contributed by atoms with Gasteiger partial charge in [-0.1, -0.05) is 18.6 Å². The highest BCUT2D eigenvalue weighted by Gasteiger charge is 2.27. The standard InChI is InChI=1S/C20H24N2O4S/c1-15-9-10-17(21-20(23)16-7-6-8-18(13-16)26-2)14-19(15)27(24,25)22-11-4-3-5-12-22/h6-10,13-14H,3-5,11-12H2,1-2H3,(H,21,23). The van der Waals surface area contributed by atoms with Crippen LogP contribution >= 0.6 is 0 Å². The number of rotatable bonds is 5. The highest BCUT2D eigenvalue weighted by molar-refractivity contribution is 7.89. The second-order valence-corrected chi connectivity index (χ2v) is 8.54. The molecule has 1 fully saturated rings. The number of sulfonamides is 1. The Labute approximate surface area is 160 Å². The summed E-state index contributed by atoms with van der Waals surface area (Å²) in [6.45, 7) is 2.86. The molecule has 0 bridgehead atoms. The SMILES string of the molecule is COc1cccc(C(=O)Nc2ccc(C)c(S(=O)(=O)N3CCCCC3)c2)c1. The Morgan fingerprint density at radius 3 is 2.52 bits per heavy atom. The predicted molar refractivity (Wildman–Crippen MR) is 105 cm³/mol. The maximum atomic E-state index is 13.0. The number of amides is 1. The Hall–Kier alpha value is -2.38. The minimum absolute atomic E-state index is 0.243. The molecule has 0 saturated carbocycles. The lowest BCUT2D eigenvalue weighted by Crippen LogP contribution is -2.36. The van der Waals surface area contributed by atoms with Crippen LogP contribution < -0.4 is 10.1 Å². The van der Waals surface area contributed by atoms with Crippen molar-refractivity contribution in [2.24, 2.45) is 0 Å². The van der Waals surface area contributed by atoms with E-state index in [2.05, 4.69) is 5.32 Å². The highest BCUT2D eigenvalue weighted by atomic mass is 32.2. The Balaban J connectivity index is 1.85. The third-order valence-corrected chi connectivity index (χ3v) is 6.75. The molecule has 0 aromatic heterocycles. The van der Waals surface area contributed by atoms with Crippen molar-refractivity contribution in [1.29, 1.82) is 0 Å². The van der Waals surface area contributed by atoms with Crippen molar-refractivity contribution in [3.05, 3.63) is 53.6 Å². The van der Waals surface area contributed by atoms with Crippen LogP contribution in [0.25, 0.3) is 0 Å². The van der Waals surface area contributed by atoms with Crippen molar-refractivity contribution >= 4 is 21.6 Å². The number of piperidine rings is 1. The number of carbonyl (C=O) groups excluding carboxylic acids is 1. The van der Waals surface area contributed by atoms with Gasteiger partial charge in [0.05, 0.1) is 12.0 Å². The van der Waals surface area contributed by atoms with Gasteiger partial charge in [-0.15, -0.1) is 0 Å². The molecule has 0 atom stereocenters. The average molecular weight is 388 g/mol. The zero-order valence-electron chi connectivity index (χ0n) is 15.6. The lowest BCUT2D eigenvalue weighted by molar-refractivity contribution is 0.102. The summed E-state index contributed by atoms with van der Waals surface area (Å²) in [5.41, 5.74) is 1.55. The highest BCUT2D eigenvalue weighted by Crippen LogP contribution is 2.26. The number of aryl methyl sites for hydroxylation is 1. The van der Waals surface area contributed by atoms with E-state index in [4.69, 9.17) is 4.74 Å². The number of anilines is 1. The van der Waals surface area contributed by atoms with Crippen molar-refractivity contribution in [3.63, 3.8) is 0 Å². The Kier molecular flexibility index (Phi) is 5.82. The van der Waals surface area contributed by atoms with Crippen LogP contribution in [0.3, 0.4) is 0 Å². The van der Waals surface area contributed by atoms with Crippen molar-refractivity contribution < 1.29 is 17.9 Å². The van der Waals surface area contributed by atoms with Crippen LogP contribution in [0.15, 0.2) is 47.4 Å². The summed E-state index contributed by atoms with van der Waals surface area (Å²) >= 11 is 0. The average Bonchev–Trinajstić information content (AvgIpc) is 2.70. The molecule has 2 aromatic rings. The first kappa shape index (κ1) is 19.4. The molecule has 1 aliphatic heterocycles. The first-order chi connectivity index (χ1) is 12.9. The van der Waals surface area contributed by atoms with Crippen LogP contribution in [0.5, 0.6) is 5.75 Å². The molecule has 0 radical (unpaired) electrons. The summed E-state index contributed by atoms with van der Waals surface area (Å²) in [6, 6.07) is 11.8. The fourth-order valence-electron chi connectivity index (χ4n) is 3.17. The maximum Gasteiger partial charge on any atom is 0.255 e. The van der Waals surface area contributed by atoms with Gasteiger partial charge < -0.3 is 10.1 Å². The van der Waals surface area contributed by atoms with E-state index in [9.17, 15) is 13.2 Å². The first-order valence-corrected chi connectivity index (χ1v) is 10.4. The Morgan fingerprint density at radius 1 is 1.07 bits per heavy atom. The lowest BCUT2D eigenvalue weighted by atomic mass is 10.2. The number of ether oxygens (including phenoxy) is 1. The summed E-state index contributed by atoms with van der Waals surface area (Å²) in [6.07, 6.45) is 2.82. The summed E-state index contributed by atoms with van der Waals surface area (Å²) in [4.78, 5) is 12.7. The van der Waals surface area contributed by atoms with E-state index in [0.717, 1.165) is 19.3 Å². The van der Waals surface area contributed by atoms with Crippen molar-refractivity contribution in [1.82, 2.24) is 4.31 Å². The maximum absolute atomic E-state index is 13.0. The van der Waals surface area contributed by atoms with Crippen LogP contribution in [-0.2, 0) is 10.0 Å². The normalized spacial score (nSPS) is 15.3. The second kappa shape index (κ2) is 8.10. The van der Waals surface area contributed by atoms with Gasteiger partial charge in [-0.2, -0.15) is 4.31 Å². The van der Waals surface area contributed by atoms with Crippen LogP contribution in [0.2, 0.25) is 0 Å². The minimum Gasteiger partial charge on any atom is -0.497 e. The fraction of sp³-hybridized carbons (Fsp3) is 0.350. The van der Waals surface area contributed by atoms with Gasteiger partial charge in [0.15, 0.2) is 0 Å². The molecule has 1 aliphatic rings. The molecule has 2 aromatic carbocycles. The van der Waals surface area contributed by atoms with Gasteiger partial charge in [-0.25, -0.2) is 8.42 Å². The third kappa shape index (κ3) is 4.31. The van der Waals surface area contributed by atoms with Crippen molar-refractivity contribution in [3.8, 4) is 5.75 Å². The number of methoxy groups -OCH3 is 1. The predicted octanol–water partition coefficient (Wildman–Crippen LogP) is 3.43. The summed E-state index contributed by atoms with van der Waals surface area (Å²) in [7, 11) is -2.03. The van der Waals surface area contributed by atoms with Gasteiger partial charge in [0.1, 0.15) is 5.75 Å². The van der Waals surface area contributed by atoms with Crippen LogP contribution in [0, 0.1) is 6.92 Å². The van der Waals surface area contributed by atoms with Crippen molar-refractivity contribution in [2.45, 2.75) is 31.1 Å². The number of hydrogen-bond acceptors (Lipinski definition) is 4. The second-order valence-electron chi connectivity index (χ2n) is 6.63. The van der Waals surface area contributed by atoms with Gasteiger partial charge >= 0.3 is 0 Å². The number of hydrogen-bond donors (Lipinski definition) is 1. The molecule has 1 saturated heterocycles. The quantitative estimate of drug-likeness (QED) is 0.851. The van der Waals surface area contributed by atoms with Crippen LogP contribution in [0.4, 0.5) is 5.69 Å². The first-order valence-electron chi connectivity index (χ1n) is 8.98. The molecule has 144 valence electrons. The van der Waals surface area contributed by atoms with Crippen LogP contribution in [0.1, 0.15) is 35.2 Å². The van der Waals surface area contributed by atoms with Gasteiger partial charge in [-0.3, -0.25) is 4.79 Å². The molecule has 7 heteroatoms. The molecule has 3 rings (SSSR count). The molecule has 0 aliphatic carbocycles. The monoisotopic (exact) mass is 388 g/mol. The summed E-state index contributed by atoms with van der Waals surface area (Å²) in [5, 5.41) is 2.77. The molecule has 6 nitrogen and oxygen atoms in total. The molecule has 0 unspecified atom stereocenters. The van der Waals surface area contributed by atoms with E-state index >= 15 is 0 Å².